The molecule has 148 valence electrons. The molecule has 1 aliphatic carbocycles. The van der Waals surface area contributed by atoms with Crippen molar-refractivity contribution < 1.29 is 14.3 Å². The van der Waals surface area contributed by atoms with Crippen molar-refractivity contribution in [3.05, 3.63) is 10.4 Å². The molecule has 8 heteroatoms. The lowest BCUT2D eigenvalue weighted by Gasteiger charge is -2.31. The Labute approximate surface area is 160 Å². The standard InChI is InChI=1S/C18H32N4O3S/c1-16(2,3)25-14(23)13(11-26-17(4,5)6)21-15(24)18(12-20-22-19)9-7-8-10-18/h13H,7-12H2,1-6H3,(H,21,24). The summed E-state index contributed by atoms with van der Waals surface area (Å²) in [6.45, 7) is 11.7. The van der Waals surface area contributed by atoms with E-state index in [1.54, 1.807) is 32.5 Å². The number of nitrogens with one attached hydrogen (secondary N) is 1. The van der Waals surface area contributed by atoms with E-state index < -0.39 is 23.0 Å². The molecule has 0 spiro atoms. The summed E-state index contributed by atoms with van der Waals surface area (Å²) in [5, 5.41) is 6.53. The van der Waals surface area contributed by atoms with E-state index in [4.69, 9.17) is 10.3 Å². The number of carbonyl (C=O) groups excluding carboxylic acids is 2. The Balaban J connectivity index is 2.92. The zero-order chi connectivity index (χ0) is 20.0. The maximum absolute atomic E-state index is 13.0. The molecule has 26 heavy (non-hydrogen) atoms. The molecular weight excluding hydrogens is 352 g/mol. The first kappa shape index (κ1) is 22.6. The largest absolute Gasteiger partial charge is 0.458 e. The van der Waals surface area contributed by atoms with Crippen LogP contribution >= 0.6 is 11.8 Å². The van der Waals surface area contributed by atoms with Crippen LogP contribution in [0.3, 0.4) is 0 Å². The summed E-state index contributed by atoms with van der Waals surface area (Å²) >= 11 is 1.60. The number of amides is 1. The van der Waals surface area contributed by atoms with Gasteiger partial charge in [0.15, 0.2) is 0 Å². The molecule has 0 saturated heterocycles. The number of esters is 1. The van der Waals surface area contributed by atoms with E-state index in [-0.39, 0.29) is 17.2 Å². The van der Waals surface area contributed by atoms with Crippen LogP contribution in [0.15, 0.2) is 5.11 Å². The summed E-state index contributed by atoms with van der Waals surface area (Å²) in [6, 6.07) is -0.727. The Kier molecular flexibility index (Phi) is 7.84. The first-order valence-electron chi connectivity index (χ1n) is 9.07. The van der Waals surface area contributed by atoms with Crippen LogP contribution in [0.25, 0.3) is 10.4 Å². The number of hydrogen-bond acceptors (Lipinski definition) is 5. The topological polar surface area (TPSA) is 104 Å². The maximum atomic E-state index is 13.0. The van der Waals surface area contributed by atoms with Crippen LogP contribution in [-0.4, -0.2) is 40.6 Å². The van der Waals surface area contributed by atoms with E-state index in [2.05, 4.69) is 36.1 Å². The van der Waals surface area contributed by atoms with Gasteiger partial charge in [-0.2, -0.15) is 11.8 Å². The second-order valence-corrected chi connectivity index (χ2v) is 10.7. The summed E-state index contributed by atoms with van der Waals surface area (Å²) in [5.41, 5.74) is 7.31. The van der Waals surface area contributed by atoms with Gasteiger partial charge in [0.1, 0.15) is 11.6 Å². The van der Waals surface area contributed by atoms with Crippen molar-refractivity contribution in [1.82, 2.24) is 5.32 Å². The van der Waals surface area contributed by atoms with Crippen LogP contribution in [0, 0.1) is 5.41 Å². The predicted molar refractivity (Wildman–Crippen MR) is 105 cm³/mol. The number of hydrogen-bond donors (Lipinski definition) is 1. The van der Waals surface area contributed by atoms with Crippen molar-refractivity contribution in [3.63, 3.8) is 0 Å². The lowest BCUT2D eigenvalue weighted by molar-refractivity contribution is -0.158. The third-order valence-electron chi connectivity index (χ3n) is 4.16. The molecule has 1 unspecified atom stereocenters. The second kappa shape index (κ2) is 9.00. The smallest absolute Gasteiger partial charge is 0.330 e. The van der Waals surface area contributed by atoms with Crippen LogP contribution in [0.1, 0.15) is 67.2 Å². The second-order valence-electron chi connectivity index (χ2n) is 8.86. The van der Waals surface area contributed by atoms with Crippen molar-refractivity contribution in [2.24, 2.45) is 10.5 Å². The summed E-state index contributed by atoms with van der Waals surface area (Å²) in [6.07, 6.45) is 3.18. The number of carbonyl (C=O) groups is 2. The molecule has 0 aromatic carbocycles. The fourth-order valence-corrected chi connectivity index (χ4v) is 3.75. The first-order valence-corrected chi connectivity index (χ1v) is 10.1. The Hall–Kier alpha value is -1.40. The molecule has 7 nitrogen and oxygen atoms in total. The van der Waals surface area contributed by atoms with E-state index in [9.17, 15) is 9.59 Å². The summed E-state index contributed by atoms with van der Waals surface area (Å²) in [7, 11) is 0. The quantitative estimate of drug-likeness (QED) is 0.307. The SMILES string of the molecule is CC(C)(C)OC(=O)C(CSC(C)(C)C)NC(=O)C1(CN=[N+]=[N-])CCCC1. The van der Waals surface area contributed by atoms with Gasteiger partial charge in [-0.15, -0.1) is 0 Å². The molecule has 1 N–H and O–H groups in total. The Bertz CT molecular complexity index is 554. The summed E-state index contributed by atoms with van der Waals surface area (Å²) in [5.74, 6) is -0.214. The monoisotopic (exact) mass is 384 g/mol. The minimum atomic E-state index is -0.727. The number of rotatable bonds is 7. The maximum Gasteiger partial charge on any atom is 0.330 e. The molecule has 1 saturated carbocycles. The van der Waals surface area contributed by atoms with Crippen LogP contribution in [0.4, 0.5) is 0 Å². The highest BCUT2D eigenvalue weighted by molar-refractivity contribution is 8.00. The van der Waals surface area contributed by atoms with Crippen molar-refractivity contribution in [1.29, 1.82) is 0 Å². The highest BCUT2D eigenvalue weighted by atomic mass is 32.2. The number of ether oxygens (including phenoxy) is 1. The Morgan fingerprint density at radius 2 is 1.81 bits per heavy atom. The van der Waals surface area contributed by atoms with Gasteiger partial charge in [0.25, 0.3) is 0 Å². The van der Waals surface area contributed by atoms with Gasteiger partial charge >= 0.3 is 5.97 Å². The van der Waals surface area contributed by atoms with Crippen LogP contribution in [0.2, 0.25) is 0 Å². The van der Waals surface area contributed by atoms with Crippen molar-refractivity contribution in [2.45, 2.75) is 83.6 Å². The van der Waals surface area contributed by atoms with E-state index in [1.807, 2.05) is 0 Å². The highest BCUT2D eigenvalue weighted by Gasteiger charge is 2.42. The minimum absolute atomic E-state index is 0.0405. The summed E-state index contributed by atoms with van der Waals surface area (Å²) < 4.78 is 5.45. The zero-order valence-electron chi connectivity index (χ0n) is 16.8. The van der Waals surface area contributed by atoms with Gasteiger partial charge in [0, 0.05) is 22.0 Å². The average Bonchev–Trinajstić information content (AvgIpc) is 2.96. The molecule has 1 fully saturated rings. The zero-order valence-corrected chi connectivity index (χ0v) is 17.6. The van der Waals surface area contributed by atoms with Gasteiger partial charge in [-0.25, -0.2) is 4.79 Å². The predicted octanol–water partition coefficient (Wildman–Crippen LogP) is 4.22. The highest BCUT2D eigenvalue weighted by Crippen LogP contribution is 2.39. The third-order valence-corrected chi connectivity index (χ3v) is 5.52. The van der Waals surface area contributed by atoms with Gasteiger partial charge in [-0.3, -0.25) is 4.79 Å². The fourth-order valence-electron chi connectivity index (χ4n) is 2.86. The van der Waals surface area contributed by atoms with Gasteiger partial charge in [0.05, 0.1) is 5.41 Å². The van der Waals surface area contributed by atoms with Gasteiger partial charge in [0.2, 0.25) is 5.91 Å². The lowest BCUT2D eigenvalue weighted by Crippen LogP contribution is -2.51. The molecule has 0 aromatic heterocycles. The molecular formula is C18H32N4O3S. The molecule has 1 rings (SSSR count). The molecule has 0 bridgehead atoms. The van der Waals surface area contributed by atoms with Gasteiger partial charge < -0.3 is 10.1 Å². The molecule has 1 amide bonds. The van der Waals surface area contributed by atoms with Crippen molar-refractivity contribution in [2.75, 3.05) is 12.3 Å². The molecule has 0 aliphatic heterocycles. The van der Waals surface area contributed by atoms with E-state index in [0.29, 0.717) is 18.6 Å². The van der Waals surface area contributed by atoms with Gasteiger partial charge in [-0.1, -0.05) is 38.7 Å². The van der Waals surface area contributed by atoms with Crippen molar-refractivity contribution >= 4 is 23.6 Å². The van der Waals surface area contributed by atoms with Gasteiger partial charge in [-0.05, 0) is 39.1 Å². The number of thioether (sulfide) groups is 1. The van der Waals surface area contributed by atoms with Crippen LogP contribution < -0.4 is 5.32 Å². The van der Waals surface area contributed by atoms with E-state index in [1.165, 1.54) is 0 Å². The van der Waals surface area contributed by atoms with E-state index in [0.717, 1.165) is 12.8 Å². The van der Waals surface area contributed by atoms with Crippen LogP contribution in [0.5, 0.6) is 0 Å². The summed E-state index contributed by atoms with van der Waals surface area (Å²) in [4.78, 5) is 28.4. The van der Waals surface area contributed by atoms with E-state index >= 15 is 0 Å². The molecule has 1 aliphatic rings. The third kappa shape index (κ3) is 7.46. The number of azide groups is 1. The normalized spacial score (nSPS) is 17.9. The fraction of sp³-hybridized carbons (Fsp3) is 0.889. The number of nitrogens with zero attached hydrogens (tertiary/aromatic N) is 3. The molecule has 0 aromatic rings. The minimum Gasteiger partial charge on any atom is -0.458 e. The Morgan fingerprint density at radius 1 is 1.23 bits per heavy atom. The van der Waals surface area contributed by atoms with Crippen molar-refractivity contribution in [3.8, 4) is 0 Å². The molecule has 0 radical (unpaired) electrons. The Morgan fingerprint density at radius 3 is 2.27 bits per heavy atom. The lowest BCUT2D eigenvalue weighted by atomic mass is 9.85. The van der Waals surface area contributed by atoms with Crippen LogP contribution in [-0.2, 0) is 14.3 Å². The molecule has 1 atom stereocenters. The molecule has 0 heterocycles. The first-order chi connectivity index (χ1) is 11.9. The average molecular weight is 385 g/mol.